The average molecular weight is 463 g/mol. The van der Waals surface area contributed by atoms with E-state index in [1.54, 1.807) is 13.0 Å². The van der Waals surface area contributed by atoms with Gasteiger partial charge in [0.2, 0.25) is 17.7 Å². The summed E-state index contributed by atoms with van der Waals surface area (Å²) in [7, 11) is 0. The lowest BCUT2D eigenvalue weighted by Gasteiger charge is -2.35. The number of esters is 1. The van der Waals surface area contributed by atoms with Gasteiger partial charge in [-0.1, -0.05) is 26.8 Å². The Balaban J connectivity index is 1.75. The molecule has 184 valence electrons. The highest BCUT2D eigenvalue weighted by atomic mass is 16.5. The van der Waals surface area contributed by atoms with Gasteiger partial charge < -0.3 is 26.0 Å². The second-order valence-corrected chi connectivity index (χ2v) is 10.7. The number of carbonyl (C=O) groups is 4. The lowest BCUT2D eigenvalue weighted by atomic mass is 9.85. The Hall–Kier alpha value is -2.42. The van der Waals surface area contributed by atoms with E-state index in [9.17, 15) is 19.2 Å². The van der Waals surface area contributed by atoms with Crippen LogP contribution in [0, 0.1) is 17.3 Å². The van der Waals surface area contributed by atoms with Crippen LogP contribution in [0.3, 0.4) is 0 Å². The smallest absolute Gasteiger partial charge is 0.332 e. The Bertz CT molecular complexity index is 818. The monoisotopic (exact) mass is 462 g/mol. The van der Waals surface area contributed by atoms with Gasteiger partial charge in [0.05, 0.1) is 6.61 Å². The fraction of sp³-hybridized carbons (Fsp3) is 0.750. The number of carbonyl (C=O) groups excluding carboxylic acids is 4. The molecule has 2 aliphatic carbocycles. The number of nitrogens with zero attached hydrogens (tertiary/aromatic N) is 1. The summed E-state index contributed by atoms with van der Waals surface area (Å²) in [5.74, 6) is -1.24. The van der Waals surface area contributed by atoms with Crippen molar-refractivity contribution in [2.24, 2.45) is 23.0 Å². The minimum Gasteiger partial charge on any atom is -0.464 e. The van der Waals surface area contributed by atoms with Crippen LogP contribution in [-0.2, 0) is 23.9 Å². The van der Waals surface area contributed by atoms with E-state index in [1.165, 1.54) is 4.90 Å². The topological polar surface area (TPSA) is 131 Å². The van der Waals surface area contributed by atoms with Gasteiger partial charge >= 0.3 is 5.97 Å². The summed E-state index contributed by atoms with van der Waals surface area (Å²) in [6.07, 6.45) is 4.81. The molecule has 9 nitrogen and oxygen atoms in total. The summed E-state index contributed by atoms with van der Waals surface area (Å²) in [6.45, 7) is 11.5. The molecule has 2 saturated carbocycles. The van der Waals surface area contributed by atoms with Crippen molar-refractivity contribution in [1.29, 1.82) is 0 Å². The first kappa shape index (κ1) is 25.2. The third-order valence-corrected chi connectivity index (χ3v) is 6.79. The van der Waals surface area contributed by atoms with E-state index in [1.807, 2.05) is 20.8 Å². The van der Waals surface area contributed by atoms with Crippen molar-refractivity contribution >= 4 is 23.7 Å². The predicted molar refractivity (Wildman–Crippen MR) is 123 cm³/mol. The number of rotatable bonds is 9. The molecule has 3 fully saturated rings. The van der Waals surface area contributed by atoms with Crippen LogP contribution in [0.5, 0.6) is 0 Å². The number of hydrogen-bond donors (Lipinski definition) is 3. The van der Waals surface area contributed by atoms with E-state index >= 15 is 0 Å². The maximum atomic E-state index is 13.6. The van der Waals surface area contributed by atoms with Gasteiger partial charge in [-0.25, -0.2) is 4.79 Å². The lowest BCUT2D eigenvalue weighted by Crippen LogP contribution is -2.59. The second kappa shape index (κ2) is 9.44. The molecular formula is C24H38N4O5. The molecule has 1 aliphatic heterocycles. The number of ether oxygens (including phenoxy) is 1. The first-order valence-electron chi connectivity index (χ1n) is 11.9. The number of nitrogens with one attached hydrogen (secondary N) is 2. The van der Waals surface area contributed by atoms with Crippen LogP contribution in [0.25, 0.3) is 0 Å². The number of nitrogens with two attached hydrogens (primary N) is 1. The highest BCUT2D eigenvalue weighted by Gasteiger charge is 2.62. The molecule has 33 heavy (non-hydrogen) atoms. The van der Waals surface area contributed by atoms with Crippen LogP contribution >= 0.6 is 0 Å². The maximum Gasteiger partial charge on any atom is 0.332 e. The van der Waals surface area contributed by atoms with Gasteiger partial charge in [0.25, 0.3) is 0 Å². The highest BCUT2D eigenvalue weighted by Crippen LogP contribution is 2.45. The summed E-state index contributed by atoms with van der Waals surface area (Å²) < 4.78 is 5.17. The second-order valence-electron chi connectivity index (χ2n) is 10.7. The van der Waals surface area contributed by atoms with Crippen molar-refractivity contribution in [2.75, 3.05) is 13.2 Å². The van der Waals surface area contributed by atoms with E-state index < -0.39 is 34.9 Å². The maximum absolute atomic E-state index is 13.6. The van der Waals surface area contributed by atoms with Crippen LogP contribution in [0.15, 0.2) is 12.7 Å². The number of amides is 3. The molecule has 5 unspecified atom stereocenters. The molecule has 0 bridgehead atoms. The molecule has 0 radical (unpaired) electrons. The zero-order valence-electron chi connectivity index (χ0n) is 20.2. The molecule has 3 amide bonds. The third kappa shape index (κ3) is 5.57. The van der Waals surface area contributed by atoms with Crippen LogP contribution in [0.4, 0.5) is 0 Å². The van der Waals surface area contributed by atoms with Crippen molar-refractivity contribution in [1.82, 2.24) is 15.5 Å². The third-order valence-electron chi connectivity index (χ3n) is 6.79. The molecule has 0 aromatic rings. The minimum atomic E-state index is -1.14. The Morgan fingerprint density at radius 2 is 1.94 bits per heavy atom. The predicted octanol–water partition coefficient (Wildman–Crippen LogP) is 0.870. The molecule has 5 atom stereocenters. The zero-order valence-corrected chi connectivity index (χ0v) is 20.2. The molecule has 0 aromatic heterocycles. The molecule has 1 saturated heterocycles. The molecule has 1 heterocycles. The molecule has 9 heteroatoms. The van der Waals surface area contributed by atoms with Gasteiger partial charge in [-0.2, -0.15) is 0 Å². The minimum absolute atomic E-state index is 0.150. The SMILES string of the molecule is C=CC1CC1(NC(=O)C1CC(N)CN1C(=O)C(NC(=O)CC1CC1)C(C)(C)C)C(=O)OCC. The first-order chi connectivity index (χ1) is 15.4. The Kier molecular flexibility index (Phi) is 7.21. The van der Waals surface area contributed by atoms with E-state index in [0.29, 0.717) is 18.8 Å². The van der Waals surface area contributed by atoms with Gasteiger partial charge in [-0.05, 0) is 43.9 Å². The van der Waals surface area contributed by atoms with Gasteiger partial charge in [0.15, 0.2) is 0 Å². The molecule has 0 aromatic carbocycles. The lowest BCUT2D eigenvalue weighted by molar-refractivity contribution is -0.150. The molecule has 3 rings (SSSR count). The van der Waals surface area contributed by atoms with E-state index in [2.05, 4.69) is 17.2 Å². The van der Waals surface area contributed by atoms with Crippen molar-refractivity contribution in [2.45, 2.75) is 83.5 Å². The molecule has 4 N–H and O–H groups in total. The normalized spacial score (nSPS) is 29.7. The Morgan fingerprint density at radius 3 is 2.45 bits per heavy atom. The standard InChI is InChI=1S/C24H38N4O5/c1-6-15-12-24(15,22(32)33-7-2)27-20(30)17-11-16(25)13-28(17)21(31)19(23(3,4)5)26-18(29)10-14-8-9-14/h6,14-17,19H,1,7-13,25H2,2-5H3,(H,26,29)(H,27,30). The fourth-order valence-corrected chi connectivity index (χ4v) is 4.54. The van der Waals surface area contributed by atoms with Gasteiger partial charge in [0, 0.05) is 24.9 Å². The number of likely N-dealkylation sites (tertiary alicyclic amines) is 1. The summed E-state index contributed by atoms with van der Waals surface area (Å²) in [6, 6.07) is -1.99. The average Bonchev–Trinajstić information content (AvgIpc) is 3.63. The largest absolute Gasteiger partial charge is 0.464 e. The summed E-state index contributed by atoms with van der Waals surface area (Å²) >= 11 is 0. The molecular weight excluding hydrogens is 424 g/mol. The first-order valence-corrected chi connectivity index (χ1v) is 11.9. The quantitative estimate of drug-likeness (QED) is 0.344. The van der Waals surface area contributed by atoms with E-state index in [0.717, 1.165) is 12.8 Å². The van der Waals surface area contributed by atoms with Crippen molar-refractivity contribution in [3.63, 3.8) is 0 Å². The van der Waals surface area contributed by atoms with Gasteiger partial charge in [-0.3, -0.25) is 14.4 Å². The summed E-state index contributed by atoms with van der Waals surface area (Å²) in [5.41, 5.74) is 4.45. The van der Waals surface area contributed by atoms with Crippen LogP contribution in [0.1, 0.15) is 59.8 Å². The van der Waals surface area contributed by atoms with E-state index in [4.69, 9.17) is 10.5 Å². The molecule has 0 spiro atoms. The Morgan fingerprint density at radius 1 is 1.27 bits per heavy atom. The van der Waals surface area contributed by atoms with E-state index in [-0.39, 0.29) is 43.3 Å². The van der Waals surface area contributed by atoms with Crippen molar-refractivity contribution < 1.29 is 23.9 Å². The fourth-order valence-electron chi connectivity index (χ4n) is 4.54. The van der Waals surface area contributed by atoms with Crippen molar-refractivity contribution in [3.05, 3.63) is 12.7 Å². The highest BCUT2D eigenvalue weighted by molar-refractivity contribution is 5.97. The van der Waals surface area contributed by atoms with Crippen LogP contribution < -0.4 is 16.4 Å². The van der Waals surface area contributed by atoms with Gasteiger partial charge in [0.1, 0.15) is 17.6 Å². The summed E-state index contributed by atoms with van der Waals surface area (Å²) in [5, 5.41) is 5.73. The number of hydrogen-bond acceptors (Lipinski definition) is 6. The zero-order chi connectivity index (χ0) is 24.6. The van der Waals surface area contributed by atoms with Crippen molar-refractivity contribution in [3.8, 4) is 0 Å². The van der Waals surface area contributed by atoms with Gasteiger partial charge in [-0.15, -0.1) is 6.58 Å². The summed E-state index contributed by atoms with van der Waals surface area (Å²) in [4.78, 5) is 53.4. The van der Waals surface area contributed by atoms with Crippen LogP contribution in [0.2, 0.25) is 0 Å². The van der Waals surface area contributed by atoms with Crippen LogP contribution in [-0.4, -0.2) is 65.4 Å². The molecule has 3 aliphatic rings. The Labute approximate surface area is 195 Å².